The standard InChI is InChI=1S/2C11H19O2.2C3H7.2CH4.2Y/c1-8(2)5-11(13)6-10(7-12)9(3)4;1-8(2)7-11(13)10(5-6-12)9(3)4;2*1-3-2;;;;/h8-10H,5-6H2,1-4H3;8-10H,5,7H2,1-4H3;2*1,3H2,2H3;2*1H4;;/q4*-1;;;;. The van der Waals surface area contributed by atoms with E-state index in [-0.39, 0.29) is 122 Å². The maximum absolute atomic E-state index is 11.6. The molecule has 0 aliphatic heterocycles. The maximum atomic E-state index is 11.6. The monoisotopic (exact) mass is 662 g/mol. The third-order valence-corrected chi connectivity index (χ3v) is 4.17. The molecular formula is C30H60O4Y2-4. The van der Waals surface area contributed by atoms with Crippen molar-refractivity contribution < 1.29 is 84.6 Å². The van der Waals surface area contributed by atoms with Crippen molar-refractivity contribution in [2.24, 2.45) is 35.5 Å². The van der Waals surface area contributed by atoms with Crippen LogP contribution in [0.25, 0.3) is 0 Å². The van der Waals surface area contributed by atoms with Gasteiger partial charge in [-0.25, -0.2) is 0 Å². The quantitative estimate of drug-likeness (QED) is 0.197. The molecule has 0 aliphatic rings. The van der Waals surface area contributed by atoms with Gasteiger partial charge in [-0.2, -0.15) is 12.8 Å². The molecule has 0 saturated heterocycles. The van der Waals surface area contributed by atoms with Crippen molar-refractivity contribution in [2.45, 2.75) is 123 Å². The van der Waals surface area contributed by atoms with E-state index in [2.05, 4.69) is 13.8 Å². The van der Waals surface area contributed by atoms with Gasteiger partial charge in [-0.3, -0.25) is 22.2 Å². The second-order valence-electron chi connectivity index (χ2n) is 9.57. The molecule has 0 aromatic rings. The summed E-state index contributed by atoms with van der Waals surface area (Å²) in [7, 11) is 0. The van der Waals surface area contributed by atoms with Crippen molar-refractivity contribution in [1.82, 2.24) is 0 Å². The Labute approximate surface area is 278 Å². The first-order valence-corrected chi connectivity index (χ1v) is 12.1. The normalized spacial score (nSPS) is 10.7. The van der Waals surface area contributed by atoms with Gasteiger partial charge in [0.25, 0.3) is 0 Å². The van der Waals surface area contributed by atoms with Crippen LogP contribution in [0.1, 0.15) is 123 Å². The van der Waals surface area contributed by atoms with Crippen LogP contribution in [0.3, 0.4) is 0 Å². The summed E-state index contributed by atoms with van der Waals surface area (Å²) in [6.45, 7) is 26.9. The molecule has 0 saturated carbocycles. The summed E-state index contributed by atoms with van der Waals surface area (Å²) < 4.78 is 0. The van der Waals surface area contributed by atoms with Gasteiger partial charge < -0.3 is 23.4 Å². The van der Waals surface area contributed by atoms with E-state index in [0.29, 0.717) is 31.1 Å². The fourth-order valence-corrected chi connectivity index (χ4v) is 2.56. The van der Waals surface area contributed by atoms with Crippen molar-refractivity contribution in [2.75, 3.05) is 0 Å². The molecule has 0 spiro atoms. The second kappa shape index (κ2) is 40.4. The van der Waals surface area contributed by atoms with Crippen LogP contribution in [0.15, 0.2) is 0 Å². The van der Waals surface area contributed by atoms with E-state index in [1.165, 1.54) is 0 Å². The predicted molar refractivity (Wildman–Crippen MR) is 151 cm³/mol. The van der Waals surface area contributed by atoms with E-state index in [0.717, 1.165) is 12.8 Å². The molecule has 36 heavy (non-hydrogen) atoms. The summed E-state index contributed by atoms with van der Waals surface area (Å²) in [6, 6.07) is 0. The first-order valence-electron chi connectivity index (χ1n) is 12.1. The van der Waals surface area contributed by atoms with E-state index < -0.39 is 0 Å². The molecule has 0 amide bonds. The van der Waals surface area contributed by atoms with E-state index in [4.69, 9.17) is 0 Å². The van der Waals surface area contributed by atoms with Gasteiger partial charge in [0, 0.05) is 78.3 Å². The number of carbonyl (C=O) groups excluding carboxylic acids is 4. The minimum absolute atomic E-state index is 0. The summed E-state index contributed by atoms with van der Waals surface area (Å²) in [5.41, 5.74) is 0. The zero-order chi connectivity index (χ0) is 26.3. The summed E-state index contributed by atoms with van der Waals surface area (Å²) in [5.74, 6) is 1.25. The van der Waals surface area contributed by atoms with Crippen LogP contribution < -0.4 is 0 Å². The molecule has 4 nitrogen and oxygen atoms in total. The molecule has 2 radical (unpaired) electrons. The maximum Gasteiger partial charge on any atom is 0.134 e. The Morgan fingerprint density at radius 2 is 1.06 bits per heavy atom. The van der Waals surface area contributed by atoms with Gasteiger partial charge in [0.2, 0.25) is 0 Å². The number of carbonyl (C=O) groups is 2. The van der Waals surface area contributed by atoms with Crippen LogP contribution >= 0.6 is 0 Å². The van der Waals surface area contributed by atoms with Crippen LogP contribution in [0.4, 0.5) is 0 Å². The molecule has 2 unspecified atom stereocenters. The number of hydrogen-bond acceptors (Lipinski definition) is 4. The fourth-order valence-electron chi connectivity index (χ4n) is 2.56. The molecule has 214 valence electrons. The zero-order valence-electron chi connectivity index (χ0n) is 23.9. The van der Waals surface area contributed by atoms with Gasteiger partial charge in [0.1, 0.15) is 11.6 Å². The molecule has 6 heteroatoms. The van der Waals surface area contributed by atoms with Gasteiger partial charge in [-0.15, -0.1) is 12.3 Å². The molecule has 0 N–H and O–H groups in total. The minimum Gasteiger partial charge on any atom is -0.542 e. The Hall–Kier alpha value is 0.888. The molecule has 0 bridgehead atoms. The predicted octanol–water partition coefficient (Wildman–Crippen LogP) is 8.48. The van der Waals surface area contributed by atoms with Crippen molar-refractivity contribution >= 4 is 24.1 Å². The van der Waals surface area contributed by atoms with Crippen LogP contribution in [-0.2, 0) is 84.6 Å². The average Bonchev–Trinajstić information content (AvgIpc) is 2.64. The smallest absolute Gasteiger partial charge is 0.134 e. The Morgan fingerprint density at radius 3 is 1.28 bits per heavy atom. The Balaban J connectivity index is -0.0000000544. The van der Waals surface area contributed by atoms with Crippen LogP contribution in [0.5, 0.6) is 0 Å². The summed E-state index contributed by atoms with van der Waals surface area (Å²) >= 11 is 0. The van der Waals surface area contributed by atoms with E-state index in [9.17, 15) is 19.2 Å². The van der Waals surface area contributed by atoms with Crippen molar-refractivity contribution in [1.29, 1.82) is 0 Å². The largest absolute Gasteiger partial charge is 0.542 e. The molecule has 0 heterocycles. The molecule has 0 aromatic carbocycles. The SMILES string of the molecule is C.C.CC(C)CC(=O)C(C[C-]=O)C(C)C.CC(C)CC(=O)CC([C-]=O)C(C)C.[CH2-]CC.[CH2-]CC.[Y].[Y]. The van der Waals surface area contributed by atoms with E-state index in [1.54, 1.807) is 0 Å². The van der Waals surface area contributed by atoms with Crippen LogP contribution in [-0.4, -0.2) is 24.1 Å². The van der Waals surface area contributed by atoms with E-state index in [1.807, 2.05) is 81.8 Å². The molecule has 0 fully saturated rings. The van der Waals surface area contributed by atoms with Gasteiger partial charge in [0.15, 0.2) is 0 Å². The van der Waals surface area contributed by atoms with Crippen molar-refractivity contribution in [3.05, 3.63) is 13.8 Å². The molecular weight excluding hydrogens is 602 g/mol. The Kier molecular flexibility index (Phi) is 63.9. The molecule has 0 aliphatic carbocycles. The number of rotatable bonds is 12. The van der Waals surface area contributed by atoms with Gasteiger partial charge in [-0.05, 0) is 30.1 Å². The van der Waals surface area contributed by atoms with Crippen LogP contribution in [0.2, 0.25) is 0 Å². The topological polar surface area (TPSA) is 68.3 Å². The minimum atomic E-state index is -0.216. The van der Waals surface area contributed by atoms with Gasteiger partial charge in [-0.1, -0.05) is 90.0 Å². The van der Waals surface area contributed by atoms with E-state index >= 15 is 0 Å². The third-order valence-electron chi connectivity index (χ3n) is 4.17. The number of hydrogen-bond donors (Lipinski definition) is 0. The van der Waals surface area contributed by atoms with Crippen LogP contribution in [0, 0.1) is 49.4 Å². The first kappa shape index (κ1) is 56.9. The number of ketones is 2. The molecule has 0 rings (SSSR count). The molecule has 2 atom stereocenters. The first-order chi connectivity index (χ1) is 14.8. The number of Topliss-reactive ketones (excluding diaryl/α,β-unsaturated/α-hetero) is 2. The Bertz CT molecular complexity index is 460. The van der Waals surface area contributed by atoms with Crippen molar-refractivity contribution in [3.8, 4) is 0 Å². The van der Waals surface area contributed by atoms with Gasteiger partial charge >= 0.3 is 0 Å². The molecule has 0 aromatic heterocycles. The summed E-state index contributed by atoms with van der Waals surface area (Å²) in [4.78, 5) is 43.7. The zero-order valence-corrected chi connectivity index (χ0v) is 29.6. The van der Waals surface area contributed by atoms with Gasteiger partial charge in [0.05, 0.1) is 0 Å². The van der Waals surface area contributed by atoms with Crippen molar-refractivity contribution in [3.63, 3.8) is 0 Å². The third kappa shape index (κ3) is 44.9. The fraction of sp³-hybridized carbons (Fsp3) is 0.800. The summed E-state index contributed by atoms with van der Waals surface area (Å²) in [6.07, 6.45) is 7.53. The second-order valence-corrected chi connectivity index (χ2v) is 9.57. The Morgan fingerprint density at radius 1 is 0.694 bits per heavy atom. The summed E-state index contributed by atoms with van der Waals surface area (Å²) in [5, 5.41) is 0. The average molecular weight is 663 g/mol.